The minimum atomic E-state index is -1.61. The van der Waals surface area contributed by atoms with Gasteiger partial charge in [0.1, 0.15) is 36.0 Å². The summed E-state index contributed by atoms with van der Waals surface area (Å²) in [7, 11) is 1.83. The first-order valence-corrected chi connectivity index (χ1v) is 9.26. The van der Waals surface area contributed by atoms with Crippen LogP contribution >= 0.6 is 0 Å². The molecule has 2 heterocycles. The van der Waals surface area contributed by atoms with Crippen LogP contribution in [0, 0.1) is 0 Å². The van der Waals surface area contributed by atoms with Crippen molar-refractivity contribution in [1.29, 1.82) is 0 Å². The van der Waals surface area contributed by atoms with Crippen molar-refractivity contribution in [2.75, 3.05) is 6.54 Å². The lowest BCUT2D eigenvalue weighted by Gasteiger charge is -2.42. The fourth-order valence-corrected chi connectivity index (χ4v) is 3.63. The Kier molecular flexibility index (Phi) is 5.40. The van der Waals surface area contributed by atoms with E-state index in [1.54, 1.807) is 16.0 Å². The van der Waals surface area contributed by atoms with Gasteiger partial charge in [-0.15, -0.1) is 10.2 Å². The molecule has 1 aromatic carbocycles. The number of fused-ring (bicyclic) bond motifs is 1. The van der Waals surface area contributed by atoms with Crippen molar-refractivity contribution in [3.8, 4) is 0 Å². The number of aryl methyl sites for hydroxylation is 1. The Morgan fingerprint density at radius 3 is 2.45 bits per heavy atom. The van der Waals surface area contributed by atoms with Crippen molar-refractivity contribution in [3.63, 3.8) is 0 Å². The molecule has 1 aliphatic heterocycles. The molecule has 2 aliphatic rings. The molecular weight excluding hydrogens is 382 g/mol. The Labute approximate surface area is 166 Å². The van der Waals surface area contributed by atoms with Crippen LogP contribution in [0.25, 0.3) is 11.0 Å². The molecule has 2 aromatic rings. The van der Waals surface area contributed by atoms with Crippen LogP contribution in [0.3, 0.4) is 0 Å². The molecule has 0 spiro atoms. The Morgan fingerprint density at radius 1 is 1.03 bits per heavy atom. The normalized spacial score (nSPS) is 32.8. The second-order valence-corrected chi connectivity index (χ2v) is 7.39. The molecule has 1 saturated carbocycles. The molecule has 12 nitrogen and oxygen atoms in total. The van der Waals surface area contributed by atoms with Gasteiger partial charge >= 0.3 is 0 Å². The summed E-state index contributed by atoms with van der Waals surface area (Å²) in [4.78, 5) is 0. The zero-order valence-corrected chi connectivity index (χ0v) is 15.7. The van der Waals surface area contributed by atoms with Crippen LogP contribution in [0.15, 0.2) is 30.1 Å². The standard InChI is InChI=1S/C17H25N7O5/c1-23-11-4-8(2-3-10(11)20-22-23)7-24-19-6-9(21-24)5-18-12-13(25)15(27)17(29)16(28)14(12)26/h2-4,6,12-19,21,25-29H,5,7H2,1H3. The Hall–Kier alpha value is -2.32. The van der Waals surface area contributed by atoms with Gasteiger partial charge in [-0.25, -0.2) is 4.68 Å². The van der Waals surface area contributed by atoms with Gasteiger partial charge in [0, 0.05) is 19.8 Å². The molecule has 12 heteroatoms. The van der Waals surface area contributed by atoms with Crippen LogP contribution < -0.4 is 16.2 Å². The number of aliphatic hydroxyl groups excluding tert-OH is 5. The molecule has 0 bridgehead atoms. The van der Waals surface area contributed by atoms with E-state index >= 15 is 0 Å². The molecule has 4 rings (SSSR count). The first-order chi connectivity index (χ1) is 13.8. The van der Waals surface area contributed by atoms with Crippen LogP contribution in [-0.4, -0.2) is 88.8 Å². The summed E-state index contributed by atoms with van der Waals surface area (Å²) in [6, 6.07) is 4.86. The number of rotatable bonds is 5. The molecule has 8 N–H and O–H groups in total. The summed E-state index contributed by atoms with van der Waals surface area (Å²) in [6.07, 6.45) is -5.83. The first kappa shape index (κ1) is 20.0. The van der Waals surface area contributed by atoms with E-state index in [1.807, 2.05) is 25.2 Å². The fraction of sp³-hybridized carbons (Fsp3) is 0.529. The van der Waals surface area contributed by atoms with Crippen molar-refractivity contribution in [2.24, 2.45) is 7.05 Å². The summed E-state index contributed by atoms with van der Waals surface area (Å²) in [5.41, 5.74) is 9.71. The predicted molar refractivity (Wildman–Crippen MR) is 100 cm³/mol. The highest BCUT2D eigenvalue weighted by molar-refractivity contribution is 5.74. The zero-order chi connectivity index (χ0) is 20.7. The number of benzene rings is 1. The van der Waals surface area contributed by atoms with Crippen molar-refractivity contribution in [1.82, 2.24) is 36.3 Å². The summed E-state index contributed by atoms with van der Waals surface area (Å²) in [5.74, 6) is 0. The van der Waals surface area contributed by atoms with Gasteiger partial charge in [-0.3, -0.25) is 0 Å². The molecule has 158 valence electrons. The minimum Gasteiger partial charge on any atom is -0.389 e. The average Bonchev–Trinajstić information content (AvgIpc) is 3.31. The molecule has 0 saturated heterocycles. The summed E-state index contributed by atoms with van der Waals surface area (Å²) >= 11 is 0. The van der Waals surface area contributed by atoms with Gasteiger partial charge in [0.15, 0.2) is 0 Å². The van der Waals surface area contributed by atoms with E-state index in [9.17, 15) is 25.5 Å². The first-order valence-electron chi connectivity index (χ1n) is 9.26. The van der Waals surface area contributed by atoms with Gasteiger partial charge in [0.25, 0.3) is 0 Å². The number of aliphatic hydroxyl groups is 5. The van der Waals surface area contributed by atoms with Crippen molar-refractivity contribution >= 4 is 11.0 Å². The number of nitrogens with zero attached hydrogens (tertiary/aromatic N) is 4. The lowest BCUT2D eigenvalue weighted by Crippen LogP contribution is -2.67. The third-order valence-corrected chi connectivity index (χ3v) is 5.35. The van der Waals surface area contributed by atoms with Gasteiger partial charge in [-0.05, 0) is 17.7 Å². The molecule has 1 fully saturated rings. The summed E-state index contributed by atoms with van der Waals surface area (Å²) in [5, 5.41) is 62.1. The van der Waals surface area contributed by atoms with E-state index in [1.165, 1.54) is 0 Å². The van der Waals surface area contributed by atoms with Gasteiger partial charge in [-0.1, -0.05) is 11.3 Å². The third kappa shape index (κ3) is 3.79. The summed E-state index contributed by atoms with van der Waals surface area (Å²) in [6.45, 7) is 0.766. The van der Waals surface area contributed by atoms with Gasteiger partial charge in [0.05, 0.1) is 23.8 Å². The predicted octanol–water partition coefficient (Wildman–Crippen LogP) is -3.59. The fourth-order valence-electron chi connectivity index (χ4n) is 3.63. The number of nitrogens with one attached hydrogen (secondary N) is 3. The molecular formula is C17H25N7O5. The number of aromatic nitrogens is 3. The van der Waals surface area contributed by atoms with Crippen molar-refractivity contribution < 1.29 is 25.5 Å². The average molecular weight is 407 g/mol. The number of hydrogen-bond donors (Lipinski definition) is 8. The van der Waals surface area contributed by atoms with E-state index in [2.05, 4.69) is 26.5 Å². The molecule has 29 heavy (non-hydrogen) atoms. The van der Waals surface area contributed by atoms with Crippen LogP contribution in [-0.2, 0) is 13.6 Å². The molecule has 1 aliphatic carbocycles. The zero-order valence-electron chi connectivity index (χ0n) is 15.7. The number of hydrazine groups is 2. The van der Waals surface area contributed by atoms with Gasteiger partial charge < -0.3 is 41.7 Å². The quantitative estimate of drug-likeness (QED) is 0.246. The Bertz CT molecular complexity index is 889. The lowest BCUT2D eigenvalue weighted by atomic mass is 9.83. The van der Waals surface area contributed by atoms with Crippen molar-refractivity contribution in [2.45, 2.75) is 43.1 Å². The smallest absolute Gasteiger partial charge is 0.113 e. The van der Waals surface area contributed by atoms with Gasteiger partial charge in [0.2, 0.25) is 0 Å². The van der Waals surface area contributed by atoms with Crippen LogP contribution in [0.5, 0.6) is 0 Å². The van der Waals surface area contributed by atoms with Crippen LogP contribution in [0.2, 0.25) is 0 Å². The number of hydrogen-bond acceptors (Lipinski definition) is 11. The Balaban J connectivity index is 1.32. The van der Waals surface area contributed by atoms with E-state index in [-0.39, 0.29) is 6.54 Å². The second-order valence-electron chi connectivity index (χ2n) is 7.39. The summed E-state index contributed by atoms with van der Waals surface area (Å²) < 4.78 is 1.71. The SMILES string of the molecule is Cn1nnc2ccc(CN3NC=C(CNC4C(O)C(O)C(O)C(O)C4O)N3)cc21. The van der Waals surface area contributed by atoms with E-state index < -0.39 is 36.6 Å². The van der Waals surface area contributed by atoms with Crippen molar-refractivity contribution in [3.05, 3.63) is 35.7 Å². The molecule has 0 radical (unpaired) electrons. The van der Waals surface area contributed by atoms with Crippen LogP contribution in [0.4, 0.5) is 0 Å². The van der Waals surface area contributed by atoms with E-state index in [4.69, 9.17) is 0 Å². The monoisotopic (exact) mass is 407 g/mol. The Morgan fingerprint density at radius 2 is 1.72 bits per heavy atom. The third-order valence-electron chi connectivity index (χ3n) is 5.35. The molecule has 4 unspecified atom stereocenters. The maximum atomic E-state index is 10.1. The van der Waals surface area contributed by atoms with E-state index in [0.717, 1.165) is 22.3 Å². The molecule has 4 atom stereocenters. The maximum absolute atomic E-state index is 10.1. The molecule has 0 amide bonds. The van der Waals surface area contributed by atoms with E-state index in [0.29, 0.717) is 6.54 Å². The second kappa shape index (κ2) is 7.84. The maximum Gasteiger partial charge on any atom is 0.113 e. The van der Waals surface area contributed by atoms with Gasteiger partial charge in [-0.2, -0.15) is 0 Å². The highest BCUT2D eigenvalue weighted by atomic mass is 16.4. The lowest BCUT2D eigenvalue weighted by molar-refractivity contribution is -0.189. The van der Waals surface area contributed by atoms with Crippen LogP contribution in [0.1, 0.15) is 5.56 Å². The highest BCUT2D eigenvalue weighted by Crippen LogP contribution is 2.22. The topological polar surface area (TPSA) is 171 Å². The highest BCUT2D eigenvalue weighted by Gasteiger charge is 2.48. The minimum absolute atomic E-state index is 0.225. The molecule has 1 aromatic heterocycles. The largest absolute Gasteiger partial charge is 0.389 e.